The third kappa shape index (κ3) is 8.49. The van der Waals surface area contributed by atoms with Crippen LogP contribution in [-0.4, -0.2) is 62.3 Å². The molecule has 1 atom stereocenters. The van der Waals surface area contributed by atoms with Crippen molar-refractivity contribution in [1.82, 2.24) is 14.5 Å². The lowest BCUT2D eigenvalue weighted by atomic mass is 10.0. The number of rotatable bonds is 12. The number of nitrogens with one attached hydrogen (secondary N) is 1. The molecule has 4 aromatic rings. The summed E-state index contributed by atoms with van der Waals surface area (Å²) in [7, 11) is -3.70. The van der Waals surface area contributed by atoms with Gasteiger partial charge in [0.15, 0.2) is 6.61 Å². The molecule has 1 heterocycles. The Morgan fingerprint density at radius 2 is 1.52 bits per heavy atom. The molecule has 2 amide bonds. The minimum absolute atomic E-state index is 0.00682. The number of ether oxygens (including phenoxy) is 2. The molecule has 0 aromatic heterocycles. The molecule has 0 bridgehead atoms. The van der Waals surface area contributed by atoms with Crippen LogP contribution in [0.1, 0.15) is 22.7 Å². The van der Waals surface area contributed by atoms with Gasteiger partial charge in [-0.15, -0.1) is 0 Å². The van der Waals surface area contributed by atoms with E-state index >= 15 is 0 Å². The maximum Gasteiger partial charge on any atom is 0.261 e. The van der Waals surface area contributed by atoms with Crippen molar-refractivity contribution >= 4 is 33.4 Å². The van der Waals surface area contributed by atoms with E-state index in [0.717, 1.165) is 5.56 Å². The molecule has 1 N–H and O–H groups in total. The highest BCUT2D eigenvalue weighted by Crippen LogP contribution is 2.26. The maximum atomic E-state index is 13.9. The number of sulfonamides is 1. The Kier molecular flexibility index (Phi) is 11.0. The number of hydrogen-bond donors (Lipinski definition) is 1. The minimum Gasteiger partial charge on any atom is -0.484 e. The summed E-state index contributed by atoms with van der Waals surface area (Å²) in [4.78, 5) is 29.2. The van der Waals surface area contributed by atoms with Crippen molar-refractivity contribution in [2.75, 3.05) is 32.9 Å². The van der Waals surface area contributed by atoms with Gasteiger partial charge in [0.25, 0.3) is 5.91 Å². The Hall–Kier alpha value is -4.29. The number of amides is 2. The average molecular weight is 666 g/mol. The molecule has 0 saturated carbocycles. The Bertz CT molecular complexity index is 1720. The first-order valence-corrected chi connectivity index (χ1v) is 16.4. The smallest absolute Gasteiger partial charge is 0.261 e. The largest absolute Gasteiger partial charge is 0.484 e. The van der Waals surface area contributed by atoms with Gasteiger partial charge in [0.05, 0.1) is 18.1 Å². The van der Waals surface area contributed by atoms with Crippen LogP contribution in [-0.2, 0) is 37.4 Å². The van der Waals surface area contributed by atoms with Crippen molar-refractivity contribution in [3.05, 3.63) is 131 Å². The van der Waals surface area contributed by atoms with E-state index in [4.69, 9.17) is 21.1 Å². The van der Waals surface area contributed by atoms with Crippen molar-refractivity contribution in [3.63, 3.8) is 0 Å². The molecule has 1 fully saturated rings. The minimum atomic E-state index is -3.70. The Labute approximate surface area is 272 Å². The molecule has 1 aliphatic rings. The van der Waals surface area contributed by atoms with Gasteiger partial charge in [0, 0.05) is 31.2 Å². The number of carbonyl (C=O) groups excluding carboxylic acids is 2. The fourth-order valence-corrected chi connectivity index (χ4v) is 6.51. The molecule has 4 aromatic carbocycles. The zero-order chi connectivity index (χ0) is 32.5. The molecule has 5 rings (SSSR count). The van der Waals surface area contributed by atoms with E-state index in [9.17, 15) is 22.4 Å². The molecule has 0 spiro atoms. The van der Waals surface area contributed by atoms with E-state index in [2.05, 4.69) is 5.32 Å². The van der Waals surface area contributed by atoms with E-state index in [1.54, 1.807) is 60.7 Å². The number of nitrogens with zero attached hydrogens (tertiary/aromatic N) is 2. The van der Waals surface area contributed by atoms with Crippen molar-refractivity contribution in [2.24, 2.45) is 0 Å². The predicted molar refractivity (Wildman–Crippen MR) is 171 cm³/mol. The van der Waals surface area contributed by atoms with Crippen LogP contribution in [0.3, 0.4) is 0 Å². The number of hydrogen-bond acceptors (Lipinski definition) is 6. The Balaban J connectivity index is 1.36. The van der Waals surface area contributed by atoms with Crippen molar-refractivity contribution in [3.8, 4) is 5.75 Å². The van der Waals surface area contributed by atoms with Crippen LogP contribution in [0.4, 0.5) is 4.39 Å². The summed E-state index contributed by atoms with van der Waals surface area (Å²) in [6.07, 6.45) is 0. The highest BCUT2D eigenvalue weighted by molar-refractivity contribution is 7.89. The molecule has 1 saturated heterocycles. The van der Waals surface area contributed by atoms with Gasteiger partial charge in [-0.1, -0.05) is 66.2 Å². The topological polar surface area (TPSA) is 105 Å². The standard InChI is InChI=1S/C34H33ClFN3O6S/c35-28-10-6-25(7-11-28)22-37-34(41)33(27-4-2-1-3-5-27)39(23-26-8-12-29(36)13-9-26)32(40)24-45-30-14-16-31(17-15-30)46(42,43)38-18-20-44-21-19-38/h1-17,33H,18-24H2,(H,37,41)/t33-/m1/s1. The summed E-state index contributed by atoms with van der Waals surface area (Å²) in [6, 6.07) is 26.4. The summed E-state index contributed by atoms with van der Waals surface area (Å²) in [6.45, 7) is 0.968. The van der Waals surface area contributed by atoms with E-state index in [1.807, 2.05) is 6.07 Å². The second-order valence-electron chi connectivity index (χ2n) is 10.6. The molecule has 1 aliphatic heterocycles. The van der Waals surface area contributed by atoms with Crippen molar-refractivity contribution < 1.29 is 31.9 Å². The zero-order valence-electron chi connectivity index (χ0n) is 24.9. The highest BCUT2D eigenvalue weighted by atomic mass is 35.5. The van der Waals surface area contributed by atoms with E-state index in [1.165, 1.54) is 45.6 Å². The van der Waals surface area contributed by atoms with Gasteiger partial charge in [0.2, 0.25) is 15.9 Å². The van der Waals surface area contributed by atoms with Gasteiger partial charge in [-0.05, 0) is 65.2 Å². The zero-order valence-corrected chi connectivity index (χ0v) is 26.4. The number of benzene rings is 4. The Morgan fingerprint density at radius 1 is 0.891 bits per heavy atom. The van der Waals surface area contributed by atoms with Crippen LogP contribution in [0.5, 0.6) is 5.75 Å². The van der Waals surface area contributed by atoms with Gasteiger partial charge in [-0.3, -0.25) is 9.59 Å². The van der Waals surface area contributed by atoms with E-state index in [-0.39, 0.29) is 36.8 Å². The monoisotopic (exact) mass is 665 g/mol. The van der Waals surface area contributed by atoms with Gasteiger partial charge < -0.3 is 19.7 Å². The van der Waals surface area contributed by atoms with Crippen LogP contribution in [0.2, 0.25) is 5.02 Å². The quantitative estimate of drug-likeness (QED) is 0.229. The van der Waals surface area contributed by atoms with E-state index < -0.39 is 40.3 Å². The lowest BCUT2D eigenvalue weighted by Gasteiger charge is -2.31. The molecular formula is C34H33ClFN3O6S. The first-order chi connectivity index (χ1) is 22.2. The second kappa shape index (κ2) is 15.3. The van der Waals surface area contributed by atoms with Gasteiger partial charge in [-0.2, -0.15) is 4.31 Å². The van der Waals surface area contributed by atoms with Crippen molar-refractivity contribution in [2.45, 2.75) is 24.0 Å². The van der Waals surface area contributed by atoms with Crippen molar-refractivity contribution in [1.29, 1.82) is 0 Å². The molecule has 0 unspecified atom stereocenters. The van der Waals surface area contributed by atoms with E-state index in [0.29, 0.717) is 29.4 Å². The average Bonchev–Trinajstić information content (AvgIpc) is 3.08. The first kappa shape index (κ1) is 33.1. The van der Waals surface area contributed by atoms with Gasteiger partial charge in [-0.25, -0.2) is 12.8 Å². The van der Waals surface area contributed by atoms with Gasteiger partial charge >= 0.3 is 0 Å². The first-order valence-electron chi connectivity index (χ1n) is 14.6. The highest BCUT2D eigenvalue weighted by Gasteiger charge is 2.32. The number of halogens is 2. The molecule has 46 heavy (non-hydrogen) atoms. The number of carbonyl (C=O) groups is 2. The summed E-state index contributed by atoms with van der Waals surface area (Å²) in [5.74, 6) is -1.08. The fraction of sp³-hybridized carbons (Fsp3) is 0.235. The Morgan fingerprint density at radius 3 is 2.17 bits per heavy atom. The number of morpholine rings is 1. The molecular weight excluding hydrogens is 633 g/mol. The van der Waals surface area contributed by atoms with Crippen LogP contribution in [0, 0.1) is 5.82 Å². The third-order valence-electron chi connectivity index (χ3n) is 7.44. The lowest BCUT2D eigenvalue weighted by molar-refractivity contribution is -0.143. The molecule has 0 aliphatic carbocycles. The summed E-state index contributed by atoms with van der Waals surface area (Å²) < 4.78 is 52.1. The van der Waals surface area contributed by atoms with Crippen LogP contribution in [0.25, 0.3) is 0 Å². The van der Waals surface area contributed by atoms with Crippen LogP contribution in [0.15, 0.2) is 108 Å². The second-order valence-corrected chi connectivity index (χ2v) is 13.0. The lowest BCUT2D eigenvalue weighted by Crippen LogP contribution is -2.45. The fourth-order valence-electron chi connectivity index (χ4n) is 4.98. The molecule has 0 radical (unpaired) electrons. The van der Waals surface area contributed by atoms with Crippen LogP contribution < -0.4 is 10.1 Å². The molecule has 240 valence electrons. The molecule has 9 nitrogen and oxygen atoms in total. The maximum absolute atomic E-state index is 13.9. The summed E-state index contributed by atoms with van der Waals surface area (Å²) in [5.41, 5.74) is 2.01. The summed E-state index contributed by atoms with van der Waals surface area (Å²) >= 11 is 6.00. The predicted octanol–water partition coefficient (Wildman–Crippen LogP) is 4.97. The van der Waals surface area contributed by atoms with Gasteiger partial charge in [0.1, 0.15) is 17.6 Å². The normalized spacial score (nSPS) is 14.3. The third-order valence-corrected chi connectivity index (χ3v) is 9.60. The SMILES string of the molecule is O=C(NCc1ccc(Cl)cc1)[C@@H](c1ccccc1)N(Cc1ccc(F)cc1)C(=O)COc1ccc(S(=O)(=O)N2CCOCC2)cc1. The molecule has 12 heteroatoms. The van der Waals surface area contributed by atoms with Crippen LogP contribution >= 0.6 is 11.6 Å². The summed E-state index contributed by atoms with van der Waals surface area (Å²) in [5, 5.41) is 3.49.